The Balaban J connectivity index is 1.52. The Bertz CT molecular complexity index is 920. The van der Waals surface area contributed by atoms with Crippen LogP contribution in [0.25, 0.3) is 0 Å². The molecular weight excluding hydrogens is 370 g/mol. The average Bonchev–Trinajstić information content (AvgIpc) is 3.48. The highest BCUT2D eigenvalue weighted by molar-refractivity contribution is 7.10. The molecule has 4 rings (SSSR count). The Morgan fingerprint density at radius 2 is 2.07 bits per heavy atom. The van der Waals surface area contributed by atoms with Crippen LogP contribution in [0.1, 0.15) is 35.6 Å². The molecule has 0 saturated carbocycles. The number of carbonyl (C=O) groups excluding carboxylic acids is 1. The fraction of sp³-hybridized carbons (Fsp3) is 0.273. The monoisotopic (exact) mass is 393 g/mol. The number of hydrogen-bond acceptors (Lipinski definition) is 5. The summed E-state index contributed by atoms with van der Waals surface area (Å²) in [5, 5.41) is 8.34. The van der Waals surface area contributed by atoms with E-state index in [0.717, 1.165) is 29.4 Å². The molecule has 0 aliphatic carbocycles. The van der Waals surface area contributed by atoms with Gasteiger partial charge in [0.25, 0.3) is 5.91 Å². The number of hydrazone groups is 1. The zero-order valence-electron chi connectivity index (χ0n) is 15.8. The second-order valence-electron chi connectivity index (χ2n) is 6.79. The molecule has 1 aliphatic heterocycles. The first-order valence-corrected chi connectivity index (χ1v) is 10.4. The van der Waals surface area contributed by atoms with Crippen LogP contribution in [0.4, 0.5) is 0 Å². The first-order valence-electron chi connectivity index (χ1n) is 9.47. The number of furan rings is 1. The van der Waals surface area contributed by atoms with Gasteiger partial charge in [-0.15, -0.1) is 11.3 Å². The van der Waals surface area contributed by atoms with Crippen LogP contribution < -0.4 is 0 Å². The van der Waals surface area contributed by atoms with Gasteiger partial charge in [-0.05, 0) is 35.7 Å². The molecule has 1 aromatic carbocycles. The minimum absolute atomic E-state index is 0.0118. The van der Waals surface area contributed by atoms with Crippen LogP contribution in [-0.4, -0.2) is 34.6 Å². The third kappa shape index (κ3) is 4.08. The lowest BCUT2D eigenvalue weighted by molar-refractivity contribution is -0.134. The molecule has 144 valence electrons. The van der Waals surface area contributed by atoms with E-state index in [4.69, 9.17) is 4.42 Å². The highest BCUT2D eigenvalue weighted by Crippen LogP contribution is 2.35. The third-order valence-electron chi connectivity index (χ3n) is 4.90. The molecule has 2 aromatic heterocycles. The van der Waals surface area contributed by atoms with Crippen LogP contribution in [0, 0.1) is 0 Å². The quantitative estimate of drug-likeness (QED) is 0.592. The number of benzene rings is 1. The maximum atomic E-state index is 13.2. The van der Waals surface area contributed by atoms with Crippen LogP contribution in [0.3, 0.4) is 0 Å². The predicted molar refractivity (Wildman–Crippen MR) is 111 cm³/mol. The smallest absolute Gasteiger partial charge is 0.257 e. The molecule has 0 bridgehead atoms. The van der Waals surface area contributed by atoms with E-state index < -0.39 is 0 Å². The van der Waals surface area contributed by atoms with Gasteiger partial charge in [0.05, 0.1) is 18.8 Å². The summed E-state index contributed by atoms with van der Waals surface area (Å²) < 4.78 is 5.52. The van der Waals surface area contributed by atoms with Crippen molar-refractivity contribution in [1.82, 2.24) is 9.91 Å². The Labute approximate surface area is 168 Å². The summed E-state index contributed by atoms with van der Waals surface area (Å²) in [5.74, 6) is 0.742. The molecule has 0 N–H and O–H groups in total. The van der Waals surface area contributed by atoms with Crippen LogP contribution in [0.5, 0.6) is 0 Å². The lowest BCUT2D eigenvalue weighted by Gasteiger charge is -2.25. The molecule has 0 fully saturated rings. The van der Waals surface area contributed by atoms with Crippen LogP contribution in [-0.2, 0) is 11.3 Å². The summed E-state index contributed by atoms with van der Waals surface area (Å²) in [6, 6.07) is 18.0. The van der Waals surface area contributed by atoms with Gasteiger partial charge in [-0.2, -0.15) is 5.10 Å². The van der Waals surface area contributed by atoms with Gasteiger partial charge >= 0.3 is 0 Å². The number of carbonyl (C=O) groups is 1. The average molecular weight is 394 g/mol. The van der Waals surface area contributed by atoms with E-state index in [0.29, 0.717) is 13.0 Å². The van der Waals surface area contributed by atoms with Crippen molar-refractivity contribution in [2.45, 2.75) is 25.9 Å². The van der Waals surface area contributed by atoms with Crippen LogP contribution >= 0.6 is 11.3 Å². The van der Waals surface area contributed by atoms with Crippen molar-refractivity contribution in [2.24, 2.45) is 5.10 Å². The van der Waals surface area contributed by atoms with Crippen molar-refractivity contribution in [3.8, 4) is 0 Å². The van der Waals surface area contributed by atoms with Gasteiger partial charge in [-0.1, -0.05) is 43.3 Å². The van der Waals surface area contributed by atoms with E-state index in [2.05, 4.69) is 35.1 Å². The second-order valence-corrected chi connectivity index (χ2v) is 7.77. The molecule has 0 spiro atoms. The standard InChI is InChI=1S/C22H23N3O2S/c1-2-24(15-17-8-4-3-5-9-17)16-22(26)25-19(21-11-7-13-28-21)14-18(23-25)20-10-6-12-27-20/h3-13,19H,2,14-16H2,1H3. The maximum absolute atomic E-state index is 13.2. The summed E-state index contributed by atoms with van der Waals surface area (Å²) >= 11 is 1.66. The zero-order valence-corrected chi connectivity index (χ0v) is 16.6. The van der Waals surface area contributed by atoms with Crippen molar-refractivity contribution < 1.29 is 9.21 Å². The Kier molecular flexibility index (Phi) is 5.69. The highest BCUT2D eigenvalue weighted by Gasteiger charge is 2.35. The largest absolute Gasteiger partial charge is 0.463 e. The van der Waals surface area contributed by atoms with Crippen molar-refractivity contribution in [2.75, 3.05) is 13.1 Å². The van der Waals surface area contributed by atoms with Gasteiger partial charge in [0, 0.05) is 17.8 Å². The number of likely N-dealkylation sites (N-methyl/N-ethyl adjacent to an activating group) is 1. The minimum atomic E-state index is -0.0666. The fourth-order valence-electron chi connectivity index (χ4n) is 3.42. The van der Waals surface area contributed by atoms with Gasteiger partial charge in [-0.25, -0.2) is 5.01 Å². The van der Waals surface area contributed by atoms with Gasteiger partial charge in [0.1, 0.15) is 11.5 Å². The van der Waals surface area contributed by atoms with Gasteiger partial charge in [0.15, 0.2) is 0 Å². The van der Waals surface area contributed by atoms with Gasteiger partial charge in [0.2, 0.25) is 0 Å². The van der Waals surface area contributed by atoms with Crippen LogP contribution in [0.2, 0.25) is 0 Å². The minimum Gasteiger partial charge on any atom is -0.463 e. The van der Waals surface area contributed by atoms with E-state index in [1.165, 1.54) is 5.56 Å². The van der Waals surface area contributed by atoms with Crippen molar-refractivity contribution in [3.05, 3.63) is 82.4 Å². The first kappa shape index (κ1) is 18.7. The van der Waals surface area contributed by atoms with Gasteiger partial charge < -0.3 is 4.42 Å². The highest BCUT2D eigenvalue weighted by atomic mass is 32.1. The van der Waals surface area contributed by atoms with Crippen molar-refractivity contribution in [1.29, 1.82) is 0 Å². The lowest BCUT2D eigenvalue weighted by Crippen LogP contribution is -2.37. The summed E-state index contributed by atoms with van der Waals surface area (Å²) in [7, 11) is 0. The molecule has 1 amide bonds. The Morgan fingerprint density at radius 1 is 1.21 bits per heavy atom. The van der Waals surface area contributed by atoms with E-state index in [-0.39, 0.29) is 11.9 Å². The molecule has 28 heavy (non-hydrogen) atoms. The first-order chi connectivity index (χ1) is 13.7. The summed E-state index contributed by atoms with van der Waals surface area (Å²) in [6.07, 6.45) is 2.31. The van der Waals surface area contributed by atoms with Crippen LogP contribution in [0.15, 0.2) is 75.8 Å². The number of amides is 1. The summed E-state index contributed by atoms with van der Waals surface area (Å²) in [6.45, 7) is 3.96. The van der Waals surface area contributed by atoms with Crippen molar-refractivity contribution in [3.63, 3.8) is 0 Å². The zero-order chi connectivity index (χ0) is 19.3. The van der Waals surface area contributed by atoms with E-state index >= 15 is 0 Å². The van der Waals surface area contributed by atoms with Crippen molar-refractivity contribution >= 4 is 23.0 Å². The fourth-order valence-corrected chi connectivity index (χ4v) is 4.23. The number of thiophene rings is 1. The second kappa shape index (κ2) is 8.54. The molecule has 6 heteroatoms. The number of nitrogens with zero attached hydrogens (tertiary/aromatic N) is 3. The molecule has 1 unspecified atom stereocenters. The Hall–Kier alpha value is -2.70. The Morgan fingerprint density at radius 3 is 2.75 bits per heavy atom. The number of hydrogen-bond donors (Lipinski definition) is 0. The maximum Gasteiger partial charge on any atom is 0.257 e. The van der Waals surface area contributed by atoms with E-state index in [1.807, 2.05) is 41.8 Å². The molecule has 1 atom stereocenters. The molecule has 5 nitrogen and oxygen atoms in total. The third-order valence-corrected chi connectivity index (χ3v) is 5.87. The summed E-state index contributed by atoms with van der Waals surface area (Å²) in [4.78, 5) is 16.5. The molecular formula is C22H23N3O2S. The predicted octanol–water partition coefficient (Wildman–Crippen LogP) is 4.54. The molecule has 3 heterocycles. The van der Waals surface area contributed by atoms with E-state index in [9.17, 15) is 4.79 Å². The molecule has 0 radical (unpaired) electrons. The number of rotatable bonds is 7. The topological polar surface area (TPSA) is 49.1 Å². The molecule has 1 aliphatic rings. The SMILES string of the molecule is CCN(CC(=O)N1N=C(c2ccco2)CC1c1cccs1)Cc1ccccc1. The lowest BCUT2D eigenvalue weighted by atomic mass is 10.1. The normalized spacial score (nSPS) is 16.6. The molecule has 3 aromatic rings. The molecule has 0 saturated heterocycles. The summed E-state index contributed by atoms with van der Waals surface area (Å²) in [5.41, 5.74) is 2.02. The van der Waals surface area contributed by atoms with E-state index in [1.54, 1.807) is 22.6 Å². The van der Waals surface area contributed by atoms with Gasteiger partial charge in [-0.3, -0.25) is 9.69 Å².